The highest BCUT2D eigenvalue weighted by Gasteiger charge is 2.47. The lowest BCUT2D eigenvalue weighted by molar-refractivity contribution is 0.0247. The molecule has 0 bridgehead atoms. The lowest BCUT2D eigenvalue weighted by Gasteiger charge is -2.40. The van der Waals surface area contributed by atoms with Crippen molar-refractivity contribution in [1.29, 1.82) is 0 Å². The first-order chi connectivity index (χ1) is 12.3. The summed E-state index contributed by atoms with van der Waals surface area (Å²) < 4.78 is 28.0. The zero-order valence-corrected chi connectivity index (χ0v) is 14.9. The zero-order valence-electron chi connectivity index (χ0n) is 14.1. The number of hydrogen-bond acceptors (Lipinski definition) is 7. The van der Waals surface area contributed by atoms with Gasteiger partial charge in [-0.05, 0) is 43.3 Å². The maximum Gasteiger partial charge on any atom is 0.205 e. The molecular formula is C18H18N2O4S. The summed E-state index contributed by atoms with van der Waals surface area (Å²) in [6.45, 7) is 0. The van der Waals surface area contributed by atoms with Crippen molar-refractivity contribution in [3.05, 3.63) is 17.2 Å². The molecule has 2 aromatic heterocycles. The topological polar surface area (TPSA) is 66.6 Å². The number of furan rings is 1. The molecule has 3 aromatic rings. The Morgan fingerprint density at radius 3 is 2.68 bits per heavy atom. The van der Waals surface area contributed by atoms with Gasteiger partial charge in [0, 0.05) is 0 Å². The average molecular weight is 358 g/mol. The molecule has 0 N–H and O–H groups in total. The fraction of sp³-hybridized carbons (Fsp3) is 0.444. The molecule has 0 atom stereocenters. The number of nitrogens with zero attached hydrogens (tertiary/aromatic N) is 2. The molecule has 2 aliphatic rings. The second kappa shape index (κ2) is 5.36. The van der Waals surface area contributed by atoms with Gasteiger partial charge in [-0.3, -0.25) is 0 Å². The summed E-state index contributed by atoms with van der Waals surface area (Å²) in [4.78, 5) is 1.10. The molecule has 0 saturated heterocycles. The van der Waals surface area contributed by atoms with E-state index in [-0.39, 0.29) is 5.60 Å². The van der Waals surface area contributed by atoms with E-state index in [2.05, 4.69) is 9.59 Å². The van der Waals surface area contributed by atoms with Crippen LogP contribution in [-0.2, 0) is 5.60 Å². The third-order valence-electron chi connectivity index (χ3n) is 5.28. The van der Waals surface area contributed by atoms with E-state index in [4.69, 9.17) is 18.6 Å². The zero-order chi connectivity index (χ0) is 17.0. The van der Waals surface area contributed by atoms with Gasteiger partial charge in [0.25, 0.3) is 0 Å². The van der Waals surface area contributed by atoms with Crippen LogP contribution in [0.3, 0.4) is 0 Å². The molecule has 3 heterocycles. The van der Waals surface area contributed by atoms with Crippen LogP contribution in [-0.4, -0.2) is 23.8 Å². The van der Waals surface area contributed by atoms with Gasteiger partial charge in [0.1, 0.15) is 17.0 Å². The van der Waals surface area contributed by atoms with Gasteiger partial charge in [-0.15, -0.1) is 5.10 Å². The van der Waals surface area contributed by atoms with E-state index >= 15 is 0 Å². The SMILES string of the molecule is COc1c2c(c(OC)c3occc13)OC1(CCCCC1)c1snnc1-2. The van der Waals surface area contributed by atoms with Crippen LogP contribution in [0.1, 0.15) is 37.0 Å². The Labute approximate surface area is 148 Å². The summed E-state index contributed by atoms with van der Waals surface area (Å²) in [7, 11) is 3.29. The van der Waals surface area contributed by atoms with E-state index in [9.17, 15) is 0 Å². The summed E-state index contributed by atoms with van der Waals surface area (Å²) in [6, 6.07) is 1.88. The average Bonchev–Trinajstić information content (AvgIpc) is 3.30. The summed E-state index contributed by atoms with van der Waals surface area (Å²) in [5, 5.41) is 5.29. The lowest BCUT2D eigenvalue weighted by atomic mass is 9.80. The molecule has 0 amide bonds. The molecule has 0 unspecified atom stereocenters. The van der Waals surface area contributed by atoms with Crippen molar-refractivity contribution in [2.45, 2.75) is 37.7 Å². The number of rotatable bonds is 2. The summed E-state index contributed by atoms with van der Waals surface area (Å²) in [6.07, 6.45) is 7.06. The van der Waals surface area contributed by atoms with Crippen LogP contribution in [0.4, 0.5) is 0 Å². The van der Waals surface area contributed by atoms with Gasteiger partial charge >= 0.3 is 0 Å². The third-order valence-corrected chi connectivity index (χ3v) is 6.19. The highest BCUT2D eigenvalue weighted by molar-refractivity contribution is 7.06. The summed E-state index contributed by atoms with van der Waals surface area (Å²) in [5.41, 5.74) is 1.93. The second-order valence-electron chi connectivity index (χ2n) is 6.54. The molecule has 1 fully saturated rings. The Bertz CT molecular complexity index is 956. The molecule has 1 spiro atoms. The smallest absolute Gasteiger partial charge is 0.205 e. The quantitative estimate of drug-likeness (QED) is 0.671. The third kappa shape index (κ3) is 1.90. The van der Waals surface area contributed by atoms with Crippen molar-refractivity contribution in [1.82, 2.24) is 9.59 Å². The second-order valence-corrected chi connectivity index (χ2v) is 7.30. The minimum absolute atomic E-state index is 0.368. The van der Waals surface area contributed by atoms with Crippen LogP contribution >= 0.6 is 11.5 Å². The highest BCUT2D eigenvalue weighted by atomic mass is 32.1. The van der Waals surface area contributed by atoms with E-state index in [1.807, 2.05) is 6.07 Å². The van der Waals surface area contributed by atoms with Crippen LogP contribution in [0, 0.1) is 0 Å². The first-order valence-electron chi connectivity index (χ1n) is 8.46. The molecular weight excluding hydrogens is 340 g/mol. The van der Waals surface area contributed by atoms with E-state index in [1.54, 1.807) is 20.5 Å². The number of fused-ring (bicyclic) bond motifs is 5. The van der Waals surface area contributed by atoms with Crippen molar-refractivity contribution < 1.29 is 18.6 Å². The fourth-order valence-corrected chi connectivity index (χ4v) is 5.02. The molecule has 0 radical (unpaired) electrons. The van der Waals surface area contributed by atoms with Crippen LogP contribution < -0.4 is 14.2 Å². The van der Waals surface area contributed by atoms with Gasteiger partial charge in [-0.2, -0.15) is 0 Å². The fourth-order valence-electron chi connectivity index (χ4n) is 4.18. The Hall–Kier alpha value is -2.28. The molecule has 1 aromatic carbocycles. The Kier molecular flexibility index (Phi) is 3.22. The number of hydrogen-bond donors (Lipinski definition) is 0. The maximum atomic E-state index is 6.65. The van der Waals surface area contributed by atoms with E-state index < -0.39 is 0 Å². The van der Waals surface area contributed by atoms with Gasteiger partial charge in [0.2, 0.25) is 5.75 Å². The minimum atomic E-state index is -0.368. The number of aromatic nitrogens is 2. The standard InChI is InChI=1S/C18H18N2O4S/c1-21-13-10-6-9-23-14(10)16(22-2)15-11(13)12-17(25-20-19-12)18(24-15)7-4-3-5-8-18/h6,9H,3-5,7-8H2,1-2H3. The van der Waals surface area contributed by atoms with Gasteiger partial charge < -0.3 is 18.6 Å². The van der Waals surface area contributed by atoms with Crippen molar-refractivity contribution in [2.24, 2.45) is 0 Å². The summed E-state index contributed by atoms with van der Waals surface area (Å²) >= 11 is 1.43. The molecule has 130 valence electrons. The Morgan fingerprint density at radius 1 is 1.12 bits per heavy atom. The van der Waals surface area contributed by atoms with Crippen molar-refractivity contribution in [3.8, 4) is 28.5 Å². The largest absolute Gasteiger partial charge is 0.495 e. The van der Waals surface area contributed by atoms with Gasteiger partial charge in [-0.1, -0.05) is 10.9 Å². The van der Waals surface area contributed by atoms with Gasteiger partial charge in [0.05, 0.1) is 36.3 Å². The minimum Gasteiger partial charge on any atom is -0.495 e. The number of ether oxygens (including phenoxy) is 3. The summed E-state index contributed by atoms with van der Waals surface area (Å²) in [5.74, 6) is 1.95. The first-order valence-corrected chi connectivity index (χ1v) is 9.24. The highest BCUT2D eigenvalue weighted by Crippen LogP contribution is 2.59. The molecule has 5 rings (SSSR count). The van der Waals surface area contributed by atoms with Crippen LogP contribution in [0.25, 0.3) is 22.2 Å². The van der Waals surface area contributed by atoms with E-state index in [0.29, 0.717) is 22.8 Å². The van der Waals surface area contributed by atoms with Crippen LogP contribution in [0.15, 0.2) is 16.7 Å². The molecule has 1 aliphatic heterocycles. The predicted molar refractivity (Wildman–Crippen MR) is 93.6 cm³/mol. The van der Waals surface area contributed by atoms with E-state index in [0.717, 1.165) is 47.2 Å². The van der Waals surface area contributed by atoms with E-state index in [1.165, 1.54) is 18.0 Å². The van der Waals surface area contributed by atoms with Gasteiger partial charge in [-0.25, -0.2) is 0 Å². The van der Waals surface area contributed by atoms with Crippen LogP contribution in [0.5, 0.6) is 17.2 Å². The number of benzene rings is 1. The molecule has 6 nitrogen and oxygen atoms in total. The monoisotopic (exact) mass is 358 g/mol. The normalized spacial score (nSPS) is 17.8. The molecule has 7 heteroatoms. The van der Waals surface area contributed by atoms with Crippen molar-refractivity contribution in [2.75, 3.05) is 14.2 Å². The molecule has 1 saturated carbocycles. The predicted octanol–water partition coefficient (Wildman–Crippen LogP) is 4.52. The lowest BCUT2D eigenvalue weighted by Crippen LogP contribution is -2.37. The number of methoxy groups -OCH3 is 2. The molecule has 1 aliphatic carbocycles. The molecule has 25 heavy (non-hydrogen) atoms. The maximum absolute atomic E-state index is 6.65. The van der Waals surface area contributed by atoms with Crippen LogP contribution in [0.2, 0.25) is 0 Å². The first kappa shape index (κ1) is 15.0. The van der Waals surface area contributed by atoms with Crippen molar-refractivity contribution >= 4 is 22.5 Å². The Morgan fingerprint density at radius 2 is 1.92 bits per heavy atom. The van der Waals surface area contributed by atoms with Gasteiger partial charge in [0.15, 0.2) is 11.3 Å². The Balaban J connectivity index is 1.87. The van der Waals surface area contributed by atoms with Crippen molar-refractivity contribution in [3.63, 3.8) is 0 Å².